The lowest BCUT2D eigenvalue weighted by molar-refractivity contribution is -0.161. The summed E-state index contributed by atoms with van der Waals surface area (Å²) in [6.07, 6.45) is 63.8. The van der Waals surface area contributed by atoms with E-state index in [0.29, 0.717) is 25.7 Å². The zero-order chi connectivity index (χ0) is 72.7. The molecule has 0 amide bonds. The van der Waals surface area contributed by atoms with Gasteiger partial charge in [0, 0.05) is 25.7 Å². The third-order valence-corrected chi connectivity index (χ3v) is 20.7. The first kappa shape index (κ1) is 97.1. The van der Waals surface area contributed by atoms with Crippen molar-refractivity contribution in [2.45, 2.75) is 445 Å². The molecule has 588 valence electrons. The third-order valence-electron chi connectivity index (χ3n) is 18.8. The molecule has 0 saturated heterocycles. The molecule has 0 saturated carbocycles. The molecular weight excluding hydrogens is 1290 g/mol. The van der Waals surface area contributed by atoms with Crippen LogP contribution in [0.5, 0.6) is 0 Å². The van der Waals surface area contributed by atoms with Crippen LogP contribution in [0.25, 0.3) is 0 Å². The van der Waals surface area contributed by atoms with Gasteiger partial charge in [-0.2, -0.15) is 0 Å². The van der Waals surface area contributed by atoms with Gasteiger partial charge in [0.2, 0.25) is 0 Å². The summed E-state index contributed by atoms with van der Waals surface area (Å²) < 4.78 is 68.6. The average Bonchev–Trinajstić information content (AvgIpc) is 1.12. The van der Waals surface area contributed by atoms with Crippen molar-refractivity contribution < 1.29 is 80.2 Å². The quantitative estimate of drug-likeness (QED) is 0.0222. The molecule has 5 atom stereocenters. The summed E-state index contributed by atoms with van der Waals surface area (Å²) in [6, 6.07) is 0. The average molecular weight is 1450 g/mol. The molecule has 0 spiro atoms. The highest BCUT2D eigenvalue weighted by Gasteiger charge is 2.30. The summed E-state index contributed by atoms with van der Waals surface area (Å²) in [5, 5.41) is 10.6. The van der Waals surface area contributed by atoms with Crippen LogP contribution in [0.2, 0.25) is 0 Å². The molecule has 0 fully saturated rings. The lowest BCUT2D eigenvalue weighted by atomic mass is 10.0. The van der Waals surface area contributed by atoms with E-state index in [1.807, 2.05) is 0 Å². The van der Waals surface area contributed by atoms with Gasteiger partial charge in [-0.15, -0.1) is 0 Å². The largest absolute Gasteiger partial charge is 0.472 e. The second-order valence-electron chi connectivity index (χ2n) is 29.3. The van der Waals surface area contributed by atoms with Crippen molar-refractivity contribution >= 4 is 39.5 Å². The summed E-state index contributed by atoms with van der Waals surface area (Å²) in [7, 11) is -9.91. The lowest BCUT2D eigenvalue weighted by Gasteiger charge is -2.21. The van der Waals surface area contributed by atoms with Crippen LogP contribution in [0.1, 0.15) is 426 Å². The van der Waals surface area contributed by atoms with Crippen LogP contribution < -0.4 is 0 Å². The molecule has 19 heteroatoms. The van der Waals surface area contributed by atoms with E-state index >= 15 is 0 Å². The Morgan fingerprint density at radius 1 is 0.273 bits per heavy atom. The van der Waals surface area contributed by atoms with Crippen LogP contribution in [0, 0.1) is 5.92 Å². The van der Waals surface area contributed by atoms with Crippen LogP contribution in [0.4, 0.5) is 0 Å². The minimum absolute atomic E-state index is 0.107. The predicted molar refractivity (Wildman–Crippen MR) is 405 cm³/mol. The Balaban J connectivity index is 5.20. The molecule has 0 radical (unpaired) electrons. The fraction of sp³-hybridized carbons (Fsp3) is 0.950. The van der Waals surface area contributed by atoms with Crippen molar-refractivity contribution in [1.29, 1.82) is 0 Å². The molecular formula is C80H156O17P2. The van der Waals surface area contributed by atoms with E-state index < -0.39 is 97.5 Å². The van der Waals surface area contributed by atoms with Gasteiger partial charge in [0.15, 0.2) is 12.2 Å². The highest BCUT2D eigenvalue weighted by atomic mass is 31.2. The number of unbranched alkanes of at least 4 members (excludes halogenated alkanes) is 52. The number of phosphoric ester groups is 2. The van der Waals surface area contributed by atoms with Gasteiger partial charge in [0.05, 0.1) is 26.4 Å². The summed E-state index contributed by atoms with van der Waals surface area (Å²) in [5.41, 5.74) is 0. The number of carbonyl (C=O) groups excluding carboxylic acids is 4. The molecule has 0 bridgehead atoms. The first-order valence-electron chi connectivity index (χ1n) is 41.6. The van der Waals surface area contributed by atoms with Gasteiger partial charge < -0.3 is 33.8 Å². The number of hydrogen-bond acceptors (Lipinski definition) is 15. The molecule has 0 aromatic rings. The Morgan fingerprint density at radius 2 is 0.465 bits per heavy atom. The van der Waals surface area contributed by atoms with Crippen molar-refractivity contribution in [1.82, 2.24) is 0 Å². The highest BCUT2D eigenvalue weighted by molar-refractivity contribution is 7.47. The fourth-order valence-corrected chi connectivity index (χ4v) is 14.0. The van der Waals surface area contributed by atoms with Crippen LogP contribution >= 0.6 is 15.6 Å². The maximum Gasteiger partial charge on any atom is 0.472 e. The predicted octanol–water partition coefficient (Wildman–Crippen LogP) is 24.0. The molecule has 0 aromatic heterocycles. The monoisotopic (exact) mass is 1450 g/mol. The van der Waals surface area contributed by atoms with Crippen LogP contribution in [0.3, 0.4) is 0 Å². The smallest absolute Gasteiger partial charge is 0.462 e. The van der Waals surface area contributed by atoms with Gasteiger partial charge in [-0.1, -0.05) is 375 Å². The van der Waals surface area contributed by atoms with Gasteiger partial charge in [-0.25, -0.2) is 9.13 Å². The van der Waals surface area contributed by atoms with E-state index in [-0.39, 0.29) is 25.7 Å². The normalized spacial score (nSPS) is 13.9. The Kier molecular flexibility index (Phi) is 71.6. The first-order valence-corrected chi connectivity index (χ1v) is 44.6. The number of aliphatic hydroxyl groups excluding tert-OH is 1. The summed E-state index contributed by atoms with van der Waals surface area (Å²) in [6.45, 7) is 7.34. The van der Waals surface area contributed by atoms with Gasteiger partial charge >= 0.3 is 39.5 Å². The van der Waals surface area contributed by atoms with Crippen molar-refractivity contribution in [2.24, 2.45) is 5.92 Å². The zero-order valence-corrected chi connectivity index (χ0v) is 66.4. The van der Waals surface area contributed by atoms with Gasteiger partial charge in [0.25, 0.3) is 0 Å². The second kappa shape index (κ2) is 73.0. The number of ether oxygens (including phenoxy) is 4. The van der Waals surface area contributed by atoms with Crippen molar-refractivity contribution in [2.75, 3.05) is 39.6 Å². The molecule has 17 nitrogen and oxygen atoms in total. The van der Waals surface area contributed by atoms with Crippen LogP contribution in [-0.4, -0.2) is 96.7 Å². The molecule has 0 rings (SSSR count). The molecule has 0 aliphatic rings. The summed E-state index contributed by atoms with van der Waals surface area (Å²) in [5.74, 6) is -1.30. The highest BCUT2D eigenvalue weighted by Crippen LogP contribution is 2.45. The lowest BCUT2D eigenvalue weighted by Crippen LogP contribution is -2.30. The third kappa shape index (κ3) is 74.1. The van der Waals surface area contributed by atoms with E-state index in [4.69, 9.17) is 37.0 Å². The Bertz CT molecular complexity index is 1890. The number of phosphoric acid groups is 2. The maximum atomic E-state index is 13.1. The Morgan fingerprint density at radius 3 is 0.687 bits per heavy atom. The first-order chi connectivity index (χ1) is 48.0. The van der Waals surface area contributed by atoms with Gasteiger partial charge in [-0.05, 0) is 31.6 Å². The number of aliphatic hydroxyl groups is 1. The van der Waals surface area contributed by atoms with E-state index in [1.54, 1.807) is 0 Å². The van der Waals surface area contributed by atoms with E-state index in [2.05, 4.69) is 34.6 Å². The number of carbonyl (C=O) groups is 4. The van der Waals surface area contributed by atoms with Crippen LogP contribution in [-0.2, 0) is 65.4 Å². The topological polar surface area (TPSA) is 237 Å². The number of hydrogen-bond donors (Lipinski definition) is 3. The fourth-order valence-electron chi connectivity index (χ4n) is 12.4. The van der Waals surface area contributed by atoms with Crippen molar-refractivity contribution in [3.8, 4) is 0 Å². The molecule has 0 aliphatic heterocycles. The van der Waals surface area contributed by atoms with E-state index in [0.717, 1.165) is 95.8 Å². The minimum Gasteiger partial charge on any atom is -0.462 e. The van der Waals surface area contributed by atoms with Gasteiger partial charge in [-0.3, -0.25) is 37.3 Å². The summed E-state index contributed by atoms with van der Waals surface area (Å²) in [4.78, 5) is 72.9. The minimum atomic E-state index is -4.96. The Hall–Kier alpha value is -1.94. The summed E-state index contributed by atoms with van der Waals surface area (Å²) >= 11 is 0. The molecule has 99 heavy (non-hydrogen) atoms. The van der Waals surface area contributed by atoms with E-state index in [9.17, 15) is 43.2 Å². The van der Waals surface area contributed by atoms with Crippen molar-refractivity contribution in [3.63, 3.8) is 0 Å². The Labute approximate surface area is 607 Å². The molecule has 0 aliphatic carbocycles. The van der Waals surface area contributed by atoms with Gasteiger partial charge in [0.1, 0.15) is 19.3 Å². The standard InChI is InChI=1S/C80H156O17P2/c1-6-9-12-15-18-21-24-25-26-27-28-29-33-36-40-44-49-54-59-64-78(83)91-70-76(97-80(85)66-61-56-51-46-41-37-34-31-30-32-35-39-42-47-52-57-62-73(4)5)72-95-99(88,89)93-68-74(81)67-92-98(86,87)94-71-75(69-90-77(82)63-58-53-48-43-23-20-17-14-11-8-3)96-79(84)65-60-55-50-45-38-22-19-16-13-10-7-2/h73-76,81H,6-72H2,1-5H3,(H,86,87)(H,88,89)/t74-,75+,76+/m0/s1. The zero-order valence-electron chi connectivity index (χ0n) is 64.6. The number of esters is 4. The SMILES string of the molecule is CCCCCCCCCCCCCCCCCCCCCC(=O)OC[C@H](COP(=O)(O)OC[C@@H](O)COP(=O)(O)OC[C@@H](COC(=O)CCCCCCCCCCCC)OC(=O)CCCCCCCCCCCCC)OC(=O)CCCCCCCCCCCCCCCCCCC(C)C. The molecule has 3 N–H and O–H groups in total. The van der Waals surface area contributed by atoms with E-state index in [1.165, 1.54) is 250 Å². The number of rotatable bonds is 80. The van der Waals surface area contributed by atoms with Crippen LogP contribution in [0.15, 0.2) is 0 Å². The molecule has 2 unspecified atom stereocenters. The molecule has 0 aromatic carbocycles. The van der Waals surface area contributed by atoms with Crippen molar-refractivity contribution in [3.05, 3.63) is 0 Å². The second-order valence-corrected chi connectivity index (χ2v) is 32.2. The molecule has 0 heterocycles. The maximum absolute atomic E-state index is 13.1.